The molecule has 31 heavy (non-hydrogen) atoms. The van der Waals surface area contributed by atoms with Gasteiger partial charge in [-0.1, -0.05) is 34.1 Å². The lowest BCUT2D eigenvalue weighted by atomic mass is 10.1. The van der Waals surface area contributed by atoms with Crippen LogP contribution in [0.3, 0.4) is 0 Å². The summed E-state index contributed by atoms with van der Waals surface area (Å²) in [6, 6.07) is 12.3. The van der Waals surface area contributed by atoms with Crippen LogP contribution >= 0.6 is 15.9 Å². The molecule has 162 valence electrons. The summed E-state index contributed by atoms with van der Waals surface area (Å²) in [6.45, 7) is 3.96. The summed E-state index contributed by atoms with van der Waals surface area (Å²) in [5, 5.41) is 3.29. The Kier molecular flexibility index (Phi) is 7.46. The summed E-state index contributed by atoms with van der Waals surface area (Å²) >= 11 is 3.42. The first kappa shape index (κ1) is 22.6. The fourth-order valence-electron chi connectivity index (χ4n) is 3.07. The molecule has 3 rings (SSSR count). The molecule has 7 nitrogen and oxygen atoms in total. The lowest BCUT2D eigenvalue weighted by Crippen LogP contribution is -2.29. The van der Waals surface area contributed by atoms with Gasteiger partial charge < -0.3 is 19.2 Å². The third-order valence-corrected chi connectivity index (χ3v) is 4.97. The van der Waals surface area contributed by atoms with Crippen molar-refractivity contribution in [3.8, 4) is 5.75 Å². The number of carbonyl (C=O) groups is 2. The zero-order valence-corrected chi connectivity index (χ0v) is 18.8. The van der Waals surface area contributed by atoms with Crippen LogP contribution in [0.5, 0.6) is 5.75 Å². The highest BCUT2D eigenvalue weighted by molar-refractivity contribution is 9.10. The number of fused-ring (bicyclic) bond motifs is 1. The average molecular weight is 488 g/mol. The molecule has 0 bridgehead atoms. The lowest BCUT2D eigenvalue weighted by molar-refractivity contribution is -0.146. The first-order chi connectivity index (χ1) is 14.8. The number of carbonyl (C=O) groups excluding carboxylic acids is 2. The maximum atomic E-state index is 12.3. The smallest absolute Gasteiger partial charge is 0.349 e. The minimum atomic E-state index is -0.696. The highest BCUT2D eigenvalue weighted by Crippen LogP contribution is 2.27. The number of benzene rings is 2. The average Bonchev–Trinajstić information content (AvgIpc) is 2.72. The van der Waals surface area contributed by atoms with Crippen LogP contribution < -0.4 is 15.7 Å². The van der Waals surface area contributed by atoms with Crippen molar-refractivity contribution in [1.82, 2.24) is 5.32 Å². The number of aryl methyl sites for hydroxylation is 2. The summed E-state index contributed by atoms with van der Waals surface area (Å²) < 4.78 is 16.8. The summed E-state index contributed by atoms with van der Waals surface area (Å²) in [5.74, 6) is -0.375. The van der Waals surface area contributed by atoms with Crippen LogP contribution in [0.15, 0.2) is 56.1 Å². The standard InChI is InChI=1S/C23H22BrNO6/c1-14-10-17(24)11-15(2)21(14)30-13-20(26)29-9-5-8-25-22(27)18-12-16-6-3-4-7-19(16)31-23(18)28/h3-4,6-7,10-12H,5,8-9,13H2,1-2H3,(H,25,27). The summed E-state index contributed by atoms with van der Waals surface area (Å²) in [5.41, 5.74) is 1.50. The second-order valence-corrected chi connectivity index (χ2v) is 7.89. The molecule has 0 radical (unpaired) electrons. The second kappa shape index (κ2) is 10.3. The molecule has 1 N–H and O–H groups in total. The van der Waals surface area contributed by atoms with Gasteiger partial charge in [-0.3, -0.25) is 4.79 Å². The van der Waals surface area contributed by atoms with Crippen molar-refractivity contribution in [2.45, 2.75) is 20.3 Å². The normalized spacial score (nSPS) is 10.7. The molecule has 0 aliphatic rings. The largest absolute Gasteiger partial charge is 0.481 e. The maximum absolute atomic E-state index is 12.3. The van der Waals surface area contributed by atoms with Crippen LogP contribution in [-0.2, 0) is 9.53 Å². The Hall–Kier alpha value is -3.13. The molecule has 0 aliphatic carbocycles. The molecule has 1 aromatic heterocycles. The highest BCUT2D eigenvalue weighted by Gasteiger charge is 2.13. The molecule has 0 aliphatic heterocycles. The van der Waals surface area contributed by atoms with E-state index in [0.29, 0.717) is 23.1 Å². The highest BCUT2D eigenvalue weighted by atomic mass is 79.9. The van der Waals surface area contributed by atoms with Gasteiger partial charge >= 0.3 is 11.6 Å². The first-order valence-electron chi connectivity index (χ1n) is 9.71. The SMILES string of the molecule is Cc1cc(Br)cc(C)c1OCC(=O)OCCCNC(=O)c1cc2ccccc2oc1=O. The van der Waals surface area contributed by atoms with E-state index in [1.54, 1.807) is 24.3 Å². The van der Waals surface area contributed by atoms with E-state index in [1.807, 2.05) is 26.0 Å². The molecular formula is C23H22BrNO6. The van der Waals surface area contributed by atoms with Crippen LogP contribution in [0.2, 0.25) is 0 Å². The number of hydrogen-bond donors (Lipinski definition) is 1. The van der Waals surface area contributed by atoms with Crippen LogP contribution in [0, 0.1) is 13.8 Å². The predicted molar refractivity (Wildman–Crippen MR) is 120 cm³/mol. The molecule has 0 fully saturated rings. The van der Waals surface area contributed by atoms with Gasteiger partial charge in [0.05, 0.1) is 6.61 Å². The topological polar surface area (TPSA) is 94.8 Å². The van der Waals surface area contributed by atoms with Crippen LogP contribution in [0.4, 0.5) is 0 Å². The number of esters is 1. The zero-order chi connectivity index (χ0) is 22.4. The van der Waals surface area contributed by atoms with E-state index in [1.165, 1.54) is 6.07 Å². The van der Waals surface area contributed by atoms with Gasteiger partial charge in [0.2, 0.25) is 0 Å². The van der Waals surface area contributed by atoms with Crippen molar-refractivity contribution in [3.05, 3.63) is 74.0 Å². The first-order valence-corrected chi connectivity index (χ1v) is 10.5. The second-order valence-electron chi connectivity index (χ2n) is 6.97. The third-order valence-electron chi connectivity index (χ3n) is 4.52. The third kappa shape index (κ3) is 5.95. The van der Waals surface area contributed by atoms with Gasteiger partial charge in [-0.2, -0.15) is 0 Å². The van der Waals surface area contributed by atoms with E-state index >= 15 is 0 Å². The van der Waals surface area contributed by atoms with Gasteiger partial charge in [-0.05, 0) is 55.7 Å². The van der Waals surface area contributed by atoms with Crippen LogP contribution in [-0.4, -0.2) is 31.6 Å². The Balaban J connectivity index is 1.41. The van der Waals surface area contributed by atoms with Crippen LogP contribution in [0.25, 0.3) is 11.0 Å². The van der Waals surface area contributed by atoms with E-state index in [0.717, 1.165) is 15.6 Å². The Morgan fingerprint density at radius 2 is 1.81 bits per heavy atom. The summed E-state index contributed by atoms with van der Waals surface area (Å²) in [7, 11) is 0. The Morgan fingerprint density at radius 1 is 1.10 bits per heavy atom. The fourth-order valence-corrected chi connectivity index (χ4v) is 3.76. The van der Waals surface area contributed by atoms with E-state index < -0.39 is 17.5 Å². The molecule has 0 spiro atoms. The molecule has 1 heterocycles. The van der Waals surface area contributed by atoms with Gasteiger partial charge in [0.25, 0.3) is 5.91 Å². The summed E-state index contributed by atoms with van der Waals surface area (Å²) in [6.07, 6.45) is 0.396. The minimum Gasteiger partial charge on any atom is -0.481 e. The minimum absolute atomic E-state index is 0.0654. The molecular weight excluding hydrogens is 466 g/mol. The molecule has 1 amide bonds. The molecule has 0 saturated carbocycles. The molecule has 3 aromatic rings. The van der Waals surface area contributed by atoms with Gasteiger partial charge in [0, 0.05) is 16.4 Å². The van der Waals surface area contributed by atoms with Crippen molar-refractivity contribution in [2.75, 3.05) is 19.8 Å². The monoisotopic (exact) mass is 487 g/mol. The van der Waals surface area contributed by atoms with Crippen LogP contribution in [0.1, 0.15) is 27.9 Å². The Labute approximate surface area is 187 Å². The van der Waals surface area contributed by atoms with E-state index in [2.05, 4.69) is 21.2 Å². The quantitative estimate of drug-likeness (QED) is 0.294. The molecule has 0 unspecified atom stereocenters. The number of amides is 1. The Morgan fingerprint density at radius 3 is 2.55 bits per heavy atom. The Bertz CT molecular complexity index is 1150. The number of rotatable bonds is 8. The number of ether oxygens (including phenoxy) is 2. The predicted octanol–water partition coefficient (Wildman–Crippen LogP) is 3.91. The van der Waals surface area contributed by atoms with Crippen molar-refractivity contribution >= 4 is 38.8 Å². The fraction of sp³-hybridized carbons (Fsp3) is 0.261. The van der Waals surface area contributed by atoms with Crippen molar-refractivity contribution in [1.29, 1.82) is 0 Å². The van der Waals surface area contributed by atoms with Crippen molar-refractivity contribution in [3.63, 3.8) is 0 Å². The van der Waals surface area contributed by atoms with Crippen molar-refractivity contribution < 1.29 is 23.5 Å². The number of halogens is 1. The van der Waals surface area contributed by atoms with E-state index in [9.17, 15) is 14.4 Å². The van der Waals surface area contributed by atoms with E-state index in [-0.39, 0.29) is 25.3 Å². The lowest BCUT2D eigenvalue weighted by Gasteiger charge is -2.12. The molecule has 8 heteroatoms. The van der Waals surface area contributed by atoms with Gasteiger partial charge in [0.15, 0.2) is 6.61 Å². The molecule has 0 atom stereocenters. The number of nitrogens with one attached hydrogen (secondary N) is 1. The van der Waals surface area contributed by atoms with Gasteiger partial charge in [-0.15, -0.1) is 0 Å². The van der Waals surface area contributed by atoms with Gasteiger partial charge in [0.1, 0.15) is 16.9 Å². The number of hydrogen-bond acceptors (Lipinski definition) is 6. The van der Waals surface area contributed by atoms with E-state index in [4.69, 9.17) is 13.9 Å². The molecule has 2 aromatic carbocycles. The molecule has 0 saturated heterocycles. The number of para-hydroxylation sites is 1. The maximum Gasteiger partial charge on any atom is 0.349 e. The summed E-state index contributed by atoms with van der Waals surface area (Å²) in [4.78, 5) is 36.1. The van der Waals surface area contributed by atoms with Gasteiger partial charge in [-0.25, -0.2) is 9.59 Å². The zero-order valence-electron chi connectivity index (χ0n) is 17.2. The van der Waals surface area contributed by atoms with Crippen molar-refractivity contribution in [2.24, 2.45) is 0 Å².